The molecule has 0 atom stereocenters. The van der Waals surface area contributed by atoms with Crippen LogP contribution in [-0.2, 0) is 6.42 Å². The predicted molar refractivity (Wildman–Crippen MR) is 68.7 cm³/mol. The summed E-state index contributed by atoms with van der Waals surface area (Å²) in [6.07, 6.45) is 2.47. The first-order chi connectivity index (χ1) is 9.74. The smallest absolute Gasteiger partial charge is 0.292 e. The van der Waals surface area contributed by atoms with Crippen molar-refractivity contribution in [3.05, 3.63) is 47.1 Å². The SMILES string of the molecule is N#Cc1ccc(Cc2nc(C(=O)NC3CC3)no2)cc1. The van der Waals surface area contributed by atoms with E-state index in [0.717, 1.165) is 18.4 Å². The minimum absolute atomic E-state index is 0.0699. The summed E-state index contributed by atoms with van der Waals surface area (Å²) in [5, 5.41) is 15.2. The highest BCUT2D eigenvalue weighted by Crippen LogP contribution is 2.19. The molecule has 6 heteroatoms. The molecule has 1 aromatic heterocycles. The molecule has 1 heterocycles. The predicted octanol–water partition coefficient (Wildman–Crippen LogP) is 1.42. The van der Waals surface area contributed by atoms with E-state index in [4.69, 9.17) is 9.78 Å². The Labute approximate surface area is 115 Å². The van der Waals surface area contributed by atoms with Crippen molar-refractivity contribution in [2.75, 3.05) is 0 Å². The van der Waals surface area contributed by atoms with Gasteiger partial charge in [-0.3, -0.25) is 4.79 Å². The Morgan fingerprint density at radius 1 is 1.40 bits per heavy atom. The molecule has 1 fully saturated rings. The van der Waals surface area contributed by atoms with Gasteiger partial charge in [0.15, 0.2) is 0 Å². The maximum absolute atomic E-state index is 11.7. The van der Waals surface area contributed by atoms with Crippen molar-refractivity contribution in [2.24, 2.45) is 0 Å². The maximum Gasteiger partial charge on any atom is 0.292 e. The number of rotatable bonds is 4. The molecule has 1 aromatic carbocycles. The monoisotopic (exact) mass is 268 g/mol. The van der Waals surface area contributed by atoms with E-state index in [1.165, 1.54) is 0 Å². The molecule has 6 nitrogen and oxygen atoms in total. The number of nitriles is 1. The van der Waals surface area contributed by atoms with Crippen LogP contribution >= 0.6 is 0 Å². The molecule has 1 amide bonds. The Balaban J connectivity index is 1.66. The second kappa shape index (κ2) is 5.13. The van der Waals surface area contributed by atoms with Gasteiger partial charge in [-0.1, -0.05) is 17.3 Å². The molecule has 0 bridgehead atoms. The fourth-order valence-corrected chi connectivity index (χ4v) is 1.77. The Morgan fingerprint density at radius 2 is 2.15 bits per heavy atom. The van der Waals surface area contributed by atoms with Crippen LogP contribution < -0.4 is 5.32 Å². The van der Waals surface area contributed by atoms with Gasteiger partial charge in [-0.05, 0) is 30.5 Å². The van der Waals surface area contributed by atoms with Gasteiger partial charge in [0.05, 0.1) is 18.1 Å². The van der Waals surface area contributed by atoms with Crippen LogP contribution in [0.1, 0.15) is 40.5 Å². The van der Waals surface area contributed by atoms with E-state index in [1.54, 1.807) is 12.1 Å². The lowest BCUT2D eigenvalue weighted by atomic mass is 10.1. The van der Waals surface area contributed by atoms with Crippen LogP contribution in [0, 0.1) is 11.3 Å². The van der Waals surface area contributed by atoms with E-state index in [2.05, 4.69) is 21.5 Å². The largest absolute Gasteiger partial charge is 0.346 e. The van der Waals surface area contributed by atoms with E-state index in [1.807, 2.05) is 12.1 Å². The standard InChI is InChI=1S/C14H12N4O2/c15-8-10-3-1-9(2-4-10)7-12-17-13(18-20-12)14(19)16-11-5-6-11/h1-4,11H,5-7H2,(H,16,19). The number of amides is 1. The average molecular weight is 268 g/mol. The number of benzene rings is 1. The molecule has 1 N–H and O–H groups in total. The molecular weight excluding hydrogens is 256 g/mol. The van der Waals surface area contributed by atoms with Crippen molar-refractivity contribution in [3.8, 4) is 6.07 Å². The number of hydrogen-bond acceptors (Lipinski definition) is 5. The first-order valence-corrected chi connectivity index (χ1v) is 6.37. The lowest BCUT2D eigenvalue weighted by Crippen LogP contribution is -2.26. The Kier molecular flexibility index (Phi) is 3.17. The summed E-state index contributed by atoms with van der Waals surface area (Å²) in [4.78, 5) is 15.8. The number of nitrogens with zero attached hydrogens (tertiary/aromatic N) is 3. The van der Waals surface area contributed by atoms with Gasteiger partial charge < -0.3 is 9.84 Å². The zero-order chi connectivity index (χ0) is 13.9. The fourth-order valence-electron chi connectivity index (χ4n) is 1.77. The molecule has 100 valence electrons. The van der Waals surface area contributed by atoms with Crippen molar-refractivity contribution in [1.29, 1.82) is 5.26 Å². The summed E-state index contributed by atoms with van der Waals surface area (Å²) in [7, 11) is 0. The van der Waals surface area contributed by atoms with Crippen molar-refractivity contribution >= 4 is 5.91 Å². The van der Waals surface area contributed by atoms with E-state index < -0.39 is 0 Å². The number of nitrogens with one attached hydrogen (secondary N) is 1. The first-order valence-electron chi connectivity index (χ1n) is 6.37. The van der Waals surface area contributed by atoms with Gasteiger partial charge in [0.25, 0.3) is 11.7 Å². The Hall–Kier alpha value is -2.68. The van der Waals surface area contributed by atoms with E-state index in [-0.39, 0.29) is 17.8 Å². The quantitative estimate of drug-likeness (QED) is 0.905. The summed E-state index contributed by atoms with van der Waals surface area (Å²) in [6, 6.07) is 9.43. The molecule has 1 aliphatic carbocycles. The molecule has 0 unspecified atom stereocenters. The Bertz CT molecular complexity index is 665. The third-order valence-electron chi connectivity index (χ3n) is 3.02. The van der Waals surface area contributed by atoms with Crippen LogP contribution in [0.4, 0.5) is 0 Å². The van der Waals surface area contributed by atoms with E-state index >= 15 is 0 Å². The van der Waals surface area contributed by atoms with Gasteiger partial charge >= 0.3 is 0 Å². The van der Waals surface area contributed by atoms with Crippen molar-refractivity contribution in [3.63, 3.8) is 0 Å². The zero-order valence-electron chi connectivity index (χ0n) is 10.7. The van der Waals surface area contributed by atoms with Gasteiger partial charge in [0.2, 0.25) is 5.89 Å². The molecule has 0 aliphatic heterocycles. The van der Waals surface area contributed by atoms with Crippen LogP contribution in [-0.4, -0.2) is 22.1 Å². The molecule has 0 spiro atoms. The third-order valence-corrected chi connectivity index (χ3v) is 3.02. The van der Waals surface area contributed by atoms with Gasteiger partial charge in [-0.2, -0.15) is 10.2 Å². The van der Waals surface area contributed by atoms with Crippen molar-refractivity contribution < 1.29 is 9.32 Å². The number of carbonyl (C=O) groups is 1. The summed E-state index contributed by atoms with van der Waals surface area (Å²) in [5.74, 6) is 0.165. The average Bonchev–Trinajstić information content (AvgIpc) is 3.15. The van der Waals surface area contributed by atoms with Gasteiger partial charge in [0.1, 0.15) is 0 Å². The highest BCUT2D eigenvalue weighted by Gasteiger charge is 2.26. The van der Waals surface area contributed by atoms with Crippen LogP contribution in [0.15, 0.2) is 28.8 Å². The molecule has 2 aromatic rings. The molecule has 20 heavy (non-hydrogen) atoms. The lowest BCUT2D eigenvalue weighted by Gasteiger charge is -1.96. The molecule has 1 saturated carbocycles. The molecule has 3 rings (SSSR count). The highest BCUT2D eigenvalue weighted by atomic mass is 16.5. The lowest BCUT2D eigenvalue weighted by molar-refractivity contribution is 0.0937. The third kappa shape index (κ3) is 2.83. The minimum atomic E-state index is -0.290. The maximum atomic E-state index is 11.7. The summed E-state index contributed by atoms with van der Waals surface area (Å²) < 4.78 is 5.06. The van der Waals surface area contributed by atoms with E-state index in [9.17, 15) is 4.79 Å². The van der Waals surface area contributed by atoms with Crippen LogP contribution in [0.3, 0.4) is 0 Å². The topological polar surface area (TPSA) is 91.8 Å². The molecule has 1 aliphatic rings. The van der Waals surface area contributed by atoms with Crippen LogP contribution in [0.5, 0.6) is 0 Å². The van der Waals surface area contributed by atoms with Crippen molar-refractivity contribution in [1.82, 2.24) is 15.5 Å². The van der Waals surface area contributed by atoms with Gasteiger partial charge in [-0.15, -0.1) is 0 Å². The number of aromatic nitrogens is 2. The highest BCUT2D eigenvalue weighted by molar-refractivity contribution is 5.90. The van der Waals surface area contributed by atoms with Gasteiger partial charge in [-0.25, -0.2) is 0 Å². The van der Waals surface area contributed by atoms with Crippen LogP contribution in [0.2, 0.25) is 0 Å². The molecular formula is C14H12N4O2. The summed E-state index contributed by atoms with van der Waals surface area (Å²) in [5.41, 5.74) is 1.55. The van der Waals surface area contributed by atoms with E-state index in [0.29, 0.717) is 17.9 Å². The Morgan fingerprint density at radius 3 is 2.80 bits per heavy atom. The van der Waals surface area contributed by atoms with Gasteiger partial charge in [0, 0.05) is 6.04 Å². The fraction of sp³-hybridized carbons (Fsp3) is 0.286. The first kappa shape index (κ1) is 12.4. The molecule has 0 saturated heterocycles. The second-order valence-corrected chi connectivity index (χ2v) is 4.74. The van der Waals surface area contributed by atoms with Crippen molar-refractivity contribution in [2.45, 2.75) is 25.3 Å². The van der Waals surface area contributed by atoms with Crippen LogP contribution in [0.25, 0.3) is 0 Å². The summed E-state index contributed by atoms with van der Waals surface area (Å²) in [6.45, 7) is 0. The second-order valence-electron chi connectivity index (χ2n) is 4.74. The number of hydrogen-bond donors (Lipinski definition) is 1. The minimum Gasteiger partial charge on any atom is -0.346 e. The summed E-state index contributed by atoms with van der Waals surface area (Å²) >= 11 is 0. The molecule has 0 radical (unpaired) electrons. The normalized spacial score (nSPS) is 13.8. The number of carbonyl (C=O) groups excluding carboxylic acids is 1. The zero-order valence-corrected chi connectivity index (χ0v) is 10.7.